The smallest absolute Gasteiger partial charge is 0.131 e. The van der Waals surface area contributed by atoms with Gasteiger partial charge < -0.3 is 14.2 Å². The molecule has 7 fully saturated rings. The number of piperidine rings is 1. The molecule has 8 heteroatoms. The lowest BCUT2D eigenvalue weighted by Crippen LogP contribution is -2.88. The summed E-state index contributed by atoms with van der Waals surface area (Å²) in [5.41, 5.74) is -0.520. The zero-order chi connectivity index (χ0) is 26.1. The number of ether oxygens (including phenoxy) is 3. The average Bonchev–Trinajstić information content (AvgIpc) is 3.82. The maximum absolute atomic E-state index is 7.99. The lowest BCUT2D eigenvalue weighted by Gasteiger charge is -2.70. The number of hydrogen-bond acceptors (Lipinski definition) is 8. The SMILES string of the molecule is C1CCN(N2CC(N3CCCC3)OC(C3CCCO3)(C3CCCS3)C2(C2CCCCO2)C2CCCCS2)CC1. The summed E-state index contributed by atoms with van der Waals surface area (Å²) < 4.78 is 22.0. The normalized spacial score (nSPS) is 45.7. The summed E-state index contributed by atoms with van der Waals surface area (Å²) in [4.78, 5) is 2.71. The Balaban J connectivity index is 1.44. The summed E-state index contributed by atoms with van der Waals surface area (Å²) in [6.07, 6.45) is 19.7. The highest BCUT2D eigenvalue weighted by Crippen LogP contribution is 2.60. The third-order valence-corrected chi connectivity index (χ3v) is 14.1. The van der Waals surface area contributed by atoms with Gasteiger partial charge in [0, 0.05) is 49.9 Å². The molecule has 7 heterocycles. The van der Waals surface area contributed by atoms with Gasteiger partial charge in [0.15, 0.2) is 0 Å². The minimum atomic E-state index is -0.343. The first-order chi connectivity index (χ1) is 19.3. The van der Waals surface area contributed by atoms with Gasteiger partial charge in [0.2, 0.25) is 0 Å². The fraction of sp³-hybridized carbons (Fsp3) is 1.00. The highest BCUT2D eigenvalue weighted by molar-refractivity contribution is 8.00. The van der Waals surface area contributed by atoms with E-state index in [4.69, 9.17) is 14.2 Å². The van der Waals surface area contributed by atoms with E-state index in [1.165, 1.54) is 128 Å². The molecule has 0 amide bonds. The first kappa shape index (κ1) is 28.2. The van der Waals surface area contributed by atoms with E-state index in [9.17, 15) is 0 Å². The van der Waals surface area contributed by atoms with Crippen LogP contribution in [-0.2, 0) is 14.2 Å². The summed E-state index contributed by atoms with van der Waals surface area (Å²) >= 11 is 4.50. The summed E-state index contributed by atoms with van der Waals surface area (Å²) in [6.45, 7) is 7.56. The Hall–Kier alpha value is 0.460. The van der Waals surface area contributed by atoms with Crippen LogP contribution in [0, 0.1) is 0 Å². The lowest BCUT2D eigenvalue weighted by molar-refractivity contribution is -0.354. The van der Waals surface area contributed by atoms with E-state index in [0.717, 1.165) is 26.2 Å². The maximum Gasteiger partial charge on any atom is 0.131 e. The molecule has 0 radical (unpaired) electrons. The van der Waals surface area contributed by atoms with E-state index in [2.05, 4.69) is 38.4 Å². The van der Waals surface area contributed by atoms with Crippen molar-refractivity contribution in [3.8, 4) is 0 Å². The van der Waals surface area contributed by atoms with Gasteiger partial charge in [0.1, 0.15) is 17.4 Å². The van der Waals surface area contributed by atoms with Gasteiger partial charge in [-0.1, -0.05) is 12.8 Å². The van der Waals surface area contributed by atoms with Crippen LogP contribution in [0.3, 0.4) is 0 Å². The van der Waals surface area contributed by atoms with Crippen LogP contribution in [0.4, 0.5) is 0 Å². The molecule has 6 nitrogen and oxygen atoms in total. The zero-order valence-electron chi connectivity index (χ0n) is 24.2. The molecular weight excluding hydrogens is 526 g/mol. The standard InChI is InChI=1S/C31H53N3O3S2/c1-4-18-33(19-5-1)34-24-29(32-16-6-7-17-32)37-31(26-13-10-21-36-26,28-15-11-23-39-28)30(34,25-12-2-8-20-35-25)27-14-3-9-22-38-27/h25-29H,1-24H2. The highest BCUT2D eigenvalue weighted by atomic mass is 32.2. The first-order valence-electron chi connectivity index (χ1n) is 16.7. The molecule has 0 aromatic heterocycles. The van der Waals surface area contributed by atoms with Gasteiger partial charge >= 0.3 is 0 Å². The Kier molecular flexibility index (Phi) is 9.12. The van der Waals surface area contributed by atoms with Crippen LogP contribution >= 0.6 is 23.5 Å². The van der Waals surface area contributed by atoms with Crippen molar-refractivity contribution in [1.29, 1.82) is 0 Å². The van der Waals surface area contributed by atoms with Crippen LogP contribution in [0.2, 0.25) is 0 Å². The number of hydrazine groups is 1. The minimum absolute atomic E-state index is 0.158. The Bertz CT molecular complexity index is 750. The van der Waals surface area contributed by atoms with E-state index < -0.39 is 0 Å². The predicted octanol–water partition coefficient (Wildman–Crippen LogP) is 5.55. The van der Waals surface area contributed by atoms with Gasteiger partial charge in [-0.2, -0.15) is 23.5 Å². The fourth-order valence-electron chi connectivity index (χ4n) is 9.47. The highest BCUT2D eigenvalue weighted by Gasteiger charge is 2.74. The molecule has 0 saturated carbocycles. The largest absolute Gasteiger partial charge is 0.376 e. The van der Waals surface area contributed by atoms with Gasteiger partial charge in [-0.05, 0) is 95.0 Å². The van der Waals surface area contributed by atoms with Crippen LogP contribution in [0.5, 0.6) is 0 Å². The summed E-state index contributed by atoms with van der Waals surface area (Å²) in [6, 6.07) is 0. The molecule has 7 aliphatic rings. The molecule has 0 aliphatic carbocycles. The van der Waals surface area contributed by atoms with E-state index in [1.54, 1.807) is 0 Å². The van der Waals surface area contributed by atoms with Crippen LogP contribution in [0.15, 0.2) is 0 Å². The van der Waals surface area contributed by atoms with Gasteiger partial charge in [0.25, 0.3) is 0 Å². The molecule has 39 heavy (non-hydrogen) atoms. The van der Waals surface area contributed by atoms with E-state index >= 15 is 0 Å². The van der Waals surface area contributed by atoms with Crippen LogP contribution < -0.4 is 0 Å². The minimum Gasteiger partial charge on any atom is -0.376 e. The summed E-state index contributed by atoms with van der Waals surface area (Å²) in [5.74, 6) is 2.54. The second-order valence-corrected chi connectivity index (χ2v) is 15.9. The Labute approximate surface area is 245 Å². The second kappa shape index (κ2) is 12.6. The van der Waals surface area contributed by atoms with Gasteiger partial charge in [-0.15, -0.1) is 0 Å². The number of nitrogens with zero attached hydrogens (tertiary/aromatic N) is 3. The van der Waals surface area contributed by atoms with Crippen molar-refractivity contribution in [2.75, 3.05) is 57.4 Å². The van der Waals surface area contributed by atoms with Crippen molar-refractivity contribution in [2.45, 2.75) is 136 Å². The number of hydrogen-bond donors (Lipinski definition) is 0. The summed E-state index contributed by atoms with van der Waals surface area (Å²) in [5, 5.41) is 6.84. The van der Waals surface area contributed by atoms with Crippen molar-refractivity contribution in [2.24, 2.45) is 0 Å². The van der Waals surface area contributed by atoms with Crippen molar-refractivity contribution in [1.82, 2.24) is 14.9 Å². The molecule has 7 atom stereocenters. The van der Waals surface area contributed by atoms with Crippen molar-refractivity contribution in [3.63, 3.8) is 0 Å². The van der Waals surface area contributed by atoms with E-state index in [-0.39, 0.29) is 29.6 Å². The Morgan fingerprint density at radius 2 is 1.28 bits per heavy atom. The zero-order valence-corrected chi connectivity index (χ0v) is 25.9. The fourth-order valence-corrected chi connectivity index (χ4v) is 12.8. The van der Waals surface area contributed by atoms with Gasteiger partial charge in [-0.25, -0.2) is 10.0 Å². The molecular formula is C31H53N3O3S2. The van der Waals surface area contributed by atoms with Gasteiger partial charge in [-0.3, -0.25) is 4.90 Å². The van der Waals surface area contributed by atoms with Crippen molar-refractivity contribution in [3.05, 3.63) is 0 Å². The number of morpholine rings is 1. The third-order valence-electron chi connectivity index (χ3n) is 11.1. The molecule has 7 rings (SSSR count). The van der Waals surface area contributed by atoms with E-state index in [1.807, 2.05) is 0 Å². The predicted molar refractivity (Wildman–Crippen MR) is 161 cm³/mol. The summed E-state index contributed by atoms with van der Waals surface area (Å²) in [7, 11) is 0. The number of rotatable bonds is 6. The molecule has 7 saturated heterocycles. The maximum atomic E-state index is 7.99. The molecule has 222 valence electrons. The van der Waals surface area contributed by atoms with E-state index in [0.29, 0.717) is 10.5 Å². The van der Waals surface area contributed by atoms with Crippen molar-refractivity contribution >= 4 is 23.5 Å². The quantitative estimate of drug-likeness (QED) is 0.406. The first-order valence-corrected chi connectivity index (χ1v) is 18.8. The average molecular weight is 580 g/mol. The lowest BCUT2D eigenvalue weighted by atomic mass is 9.62. The topological polar surface area (TPSA) is 37.4 Å². The molecule has 0 bridgehead atoms. The number of thioether (sulfide) groups is 2. The van der Waals surface area contributed by atoms with Crippen molar-refractivity contribution < 1.29 is 14.2 Å². The van der Waals surface area contributed by atoms with Crippen LogP contribution in [-0.4, -0.2) is 112 Å². The molecule has 0 N–H and O–H groups in total. The molecule has 7 aliphatic heterocycles. The Morgan fingerprint density at radius 3 is 1.97 bits per heavy atom. The number of likely N-dealkylation sites (tertiary alicyclic amines) is 1. The molecule has 0 spiro atoms. The Morgan fingerprint density at radius 1 is 0.590 bits per heavy atom. The van der Waals surface area contributed by atoms with Crippen LogP contribution in [0.25, 0.3) is 0 Å². The second-order valence-electron chi connectivity index (χ2n) is 13.2. The molecule has 0 aromatic rings. The van der Waals surface area contributed by atoms with Crippen LogP contribution in [0.1, 0.15) is 96.3 Å². The monoisotopic (exact) mass is 579 g/mol. The third kappa shape index (κ3) is 4.97. The molecule has 0 aromatic carbocycles. The molecule has 7 unspecified atom stereocenters. The van der Waals surface area contributed by atoms with Gasteiger partial charge in [0.05, 0.1) is 18.8 Å².